The lowest BCUT2D eigenvalue weighted by Crippen LogP contribution is -2.47. The van der Waals surface area contributed by atoms with Gasteiger partial charge >= 0.3 is 5.69 Å². The number of H-pyrrole nitrogens is 1. The highest BCUT2D eigenvalue weighted by Crippen LogP contribution is 2.38. The molecule has 1 aromatic heterocycles. The molecule has 0 spiro atoms. The van der Waals surface area contributed by atoms with Gasteiger partial charge in [-0.3, -0.25) is 14.3 Å². The van der Waals surface area contributed by atoms with Crippen LogP contribution < -0.4 is 11.2 Å². The molecule has 20 heavy (non-hydrogen) atoms. The van der Waals surface area contributed by atoms with Crippen LogP contribution in [0.2, 0.25) is 0 Å². The summed E-state index contributed by atoms with van der Waals surface area (Å²) in [5.41, 5.74) is -2.97. The predicted octanol–water partition coefficient (Wildman–Crippen LogP) is -0.957. The first-order chi connectivity index (χ1) is 9.36. The largest absolute Gasteiger partial charge is 0.393 e. The van der Waals surface area contributed by atoms with Crippen LogP contribution in [0.25, 0.3) is 0 Å². The molecular formula is C11H14ClFN2O5. The molecule has 2 rings (SSSR count). The van der Waals surface area contributed by atoms with Crippen molar-refractivity contribution in [3.05, 3.63) is 32.6 Å². The highest BCUT2D eigenvalue weighted by atomic mass is 35.5. The minimum absolute atomic E-state index is 0.183. The van der Waals surface area contributed by atoms with Crippen LogP contribution in [-0.2, 0) is 4.74 Å². The quantitative estimate of drug-likeness (QED) is 0.624. The first-order valence-corrected chi connectivity index (χ1v) is 6.38. The number of alkyl halides is 2. The molecule has 0 aliphatic carbocycles. The van der Waals surface area contributed by atoms with Crippen molar-refractivity contribution in [3.63, 3.8) is 0 Å². The molecule has 0 bridgehead atoms. The second kappa shape index (κ2) is 5.28. The molecule has 2 heterocycles. The van der Waals surface area contributed by atoms with Crippen molar-refractivity contribution in [1.29, 1.82) is 0 Å². The van der Waals surface area contributed by atoms with Gasteiger partial charge in [-0.2, -0.15) is 0 Å². The third kappa shape index (κ3) is 2.18. The van der Waals surface area contributed by atoms with Gasteiger partial charge < -0.3 is 14.9 Å². The number of nitrogens with zero attached hydrogens (tertiary/aromatic N) is 1. The van der Waals surface area contributed by atoms with Gasteiger partial charge in [-0.25, -0.2) is 9.18 Å². The minimum atomic E-state index is -1.97. The molecule has 1 aromatic rings. The summed E-state index contributed by atoms with van der Waals surface area (Å²) < 4.78 is 20.2. The van der Waals surface area contributed by atoms with Gasteiger partial charge in [0.2, 0.25) is 0 Å². The maximum Gasteiger partial charge on any atom is 0.330 e. The summed E-state index contributed by atoms with van der Waals surface area (Å²) >= 11 is 5.62. The Morgan fingerprint density at radius 1 is 1.60 bits per heavy atom. The van der Waals surface area contributed by atoms with Crippen LogP contribution in [0.1, 0.15) is 11.8 Å². The Kier molecular flexibility index (Phi) is 4.01. The highest BCUT2D eigenvalue weighted by Gasteiger charge is 2.55. The summed E-state index contributed by atoms with van der Waals surface area (Å²) in [7, 11) is 0. The third-order valence-electron chi connectivity index (χ3n) is 3.38. The van der Waals surface area contributed by atoms with Crippen LogP contribution >= 0.6 is 11.6 Å². The molecule has 1 fully saturated rings. The number of aromatic amines is 1. The van der Waals surface area contributed by atoms with Gasteiger partial charge in [-0.05, 0) is 6.92 Å². The number of aliphatic hydroxyl groups is 2. The lowest BCUT2D eigenvalue weighted by atomic mass is 9.99. The molecule has 1 saturated heterocycles. The first kappa shape index (κ1) is 15.2. The fourth-order valence-electron chi connectivity index (χ4n) is 2.09. The number of aromatic nitrogens is 2. The minimum Gasteiger partial charge on any atom is -0.393 e. The van der Waals surface area contributed by atoms with E-state index in [1.807, 2.05) is 4.98 Å². The Hall–Kier alpha value is -1.22. The number of nitrogens with one attached hydrogen (secondary N) is 1. The Balaban J connectivity index is 2.47. The number of hydrogen-bond acceptors (Lipinski definition) is 5. The van der Waals surface area contributed by atoms with Gasteiger partial charge in [0.15, 0.2) is 12.4 Å². The Morgan fingerprint density at radius 3 is 2.75 bits per heavy atom. The maximum atomic E-state index is 14.2. The normalized spacial score (nSPS) is 33.5. The van der Waals surface area contributed by atoms with Crippen LogP contribution in [0, 0.1) is 6.92 Å². The standard InChI is InChI=1S/C11H14ClFN2O5/c1-5-2-15(10(19)14-8(5)18)9-6(13)7(17)11(3-12,4-16)20-9/h2,6-7,9,16-17H,3-4H2,1H3,(H,14,18,19)/t6-,7-,9+,11+/m0/s1. The van der Waals surface area contributed by atoms with E-state index in [2.05, 4.69) is 0 Å². The van der Waals surface area contributed by atoms with Crippen LogP contribution in [0.15, 0.2) is 15.8 Å². The first-order valence-electron chi connectivity index (χ1n) is 5.85. The van der Waals surface area contributed by atoms with Crippen molar-refractivity contribution in [1.82, 2.24) is 9.55 Å². The van der Waals surface area contributed by atoms with E-state index >= 15 is 0 Å². The fraction of sp³-hybridized carbons (Fsp3) is 0.636. The van der Waals surface area contributed by atoms with E-state index in [0.717, 1.165) is 10.8 Å². The van der Waals surface area contributed by atoms with Crippen molar-refractivity contribution in [2.45, 2.75) is 31.0 Å². The molecule has 9 heteroatoms. The molecule has 7 nitrogen and oxygen atoms in total. The molecule has 112 valence electrons. The van der Waals surface area contributed by atoms with Crippen molar-refractivity contribution >= 4 is 11.6 Å². The summed E-state index contributed by atoms with van der Waals surface area (Å²) in [6, 6.07) is 0. The summed E-state index contributed by atoms with van der Waals surface area (Å²) in [5, 5.41) is 19.1. The van der Waals surface area contributed by atoms with Crippen LogP contribution in [0.5, 0.6) is 0 Å². The van der Waals surface area contributed by atoms with Gasteiger partial charge in [0.25, 0.3) is 5.56 Å². The smallest absolute Gasteiger partial charge is 0.330 e. The lowest BCUT2D eigenvalue weighted by Gasteiger charge is -2.26. The maximum absolute atomic E-state index is 14.2. The molecule has 3 N–H and O–H groups in total. The molecule has 4 atom stereocenters. The van der Waals surface area contributed by atoms with Crippen LogP contribution in [-0.4, -0.2) is 50.1 Å². The summed E-state index contributed by atoms with van der Waals surface area (Å²) in [5.74, 6) is -0.349. The zero-order valence-electron chi connectivity index (χ0n) is 10.5. The Labute approximate surface area is 117 Å². The lowest BCUT2D eigenvalue weighted by molar-refractivity contribution is -0.115. The van der Waals surface area contributed by atoms with E-state index in [-0.39, 0.29) is 11.4 Å². The van der Waals surface area contributed by atoms with Crippen molar-refractivity contribution in [2.75, 3.05) is 12.5 Å². The number of aryl methyl sites for hydroxylation is 1. The van der Waals surface area contributed by atoms with E-state index in [9.17, 15) is 24.2 Å². The molecule has 0 aromatic carbocycles. The summed E-state index contributed by atoms with van der Waals surface area (Å²) in [4.78, 5) is 25.0. The second-order valence-corrected chi connectivity index (χ2v) is 5.00. The number of hydrogen-bond donors (Lipinski definition) is 3. The average Bonchev–Trinajstić information content (AvgIpc) is 2.68. The molecule has 1 aliphatic rings. The number of ether oxygens (including phenoxy) is 1. The van der Waals surface area contributed by atoms with E-state index < -0.39 is 42.0 Å². The van der Waals surface area contributed by atoms with Crippen molar-refractivity contribution < 1.29 is 19.3 Å². The van der Waals surface area contributed by atoms with Crippen LogP contribution in [0.3, 0.4) is 0 Å². The second-order valence-electron chi connectivity index (χ2n) is 4.73. The Bertz CT molecular complexity index is 612. The predicted molar refractivity (Wildman–Crippen MR) is 67.6 cm³/mol. The third-order valence-corrected chi connectivity index (χ3v) is 3.83. The van der Waals surface area contributed by atoms with Gasteiger partial charge in [-0.15, -0.1) is 11.6 Å². The zero-order valence-corrected chi connectivity index (χ0v) is 11.3. The van der Waals surface area contributed by atoms with Gasteiger partial charge in [0, 0.05) is 11.8 Å². The summed E-state index contributed by atoms with van der Waals surface area (Å²) in [6.07, 6.45) is -4.00. The molecular weight excluding hydrogens is 295 g/mol. The van der Waals surface area contributed by atoms with E-state index in [1.165, 1.54) is 6.92 Å². The van der Waals surface area contributed by atoms with Gasteiger partial charge in [0.05, 0.1) is 12.5 Å². The molecule has 1 aliphatic heterocycles. The molecule has 0 radical (unpaired) electrons. The molecule has 0 unspecified atom stereocenters. The monoisotopic (exact) mass is 308 g/mol. The number of aliphatic hydroxyl groups excluding tert-OH is 2. The average molecular weight is 309 g/mol. The van der Waals surface area contributed by atoms with Crippen molar-refractivity contribution in [3.8, 4) is 0 Å². The SMILES string of the molecule is Cc1cn([C@@H]2O[C@@](CO)(CCl)[C@@H](O)[C@@H]2F)c(=O)[nH]c1=O. The van der Waals surface area contributed by atoms with Crippen molar-refractivity contribution in [2.24, 2.45) is 0 Å². The van der Waals surface area contributed by atoms with Gasteiger partial charge in [-0.1, -0.05) is 0 Å². The highest BCUT2D eigenvalue weighted by molar-refractivity contribution is 6.18. The number of halogens is 2. The summed E-state index contributed by atoms with van der Waals surface area (Å²) in [6.45, 7) is 0.736. The van der Waals surface area contributed by atoms with Crippen LogP contribution in [0.4, 0.5) is 4.39 Å². The zero-order chi connectivity index (χ0) is 15.1. The molecule has 0 saturated carbocycles. The molecule has 0 amide bonds. The number of rotatable bonds is 3. The van der Waals surface area contributed by atoms with E-state index in [1.54, 1.807) is 0 Å². The van der Waals surface area contributed by atoms with E-state index in [0.29, 0.717) is 0 Å². The van der Waals surface area contributed by atoms with Gasteiger partial charge in [0.1, 0.15) is 11.7 Å². The topological polar surface area (TPSA) is 105 Å². The van der Waals surface area contributed by atoms with E-state index in [4.69, 9.17) is 16.3 Å². The fourth-order valence-corrected chi connectivity index (χ4v) is 2.40. The Morgan fingerprint density at radius 2 is 2.25 bits per heavy atom.